The summed E-state index contributed by atoms with van der Waals surface area (Å²) >= 11 is 0. The van der Waals surface area contributed by atoms with Gasteiger partial charge in [0, 0.05) is 59.5 Å². The summed E-state index contributed by atoms with van der Waals surface area (Å²) in [6.07, 6.45) is 10.3. The molecule has 3 aromatic carbocycles. The van der Waals surface area contributed by atoms with Crippen LogP contribution in [0.25, 0.3) is 21.8 Å². The summed E-state index contributed by atoms with van der Waals surface area (Å²) in [5.74, 6) is -0.512. The zero-order valence-electron chi connectivity index (χ0n) is 30.5. The molecule has 284 valence electrons. The van der Waals surface area contributed by atoms with Gasteiger partial charge >= 0.3 is 0 Å². The minimum absolute atomic E-state index is 0.166. The van der Waals surface area contributed by atoms with E-state index in [1.807, 2.05) is 32.0 Å². The van der Waals surface area contributed by atoms with Crippen molar-refractivity contribution in [1.82, 2.24) is 15.0 Å². The zero-order chi connectivity index (χ0) is 39.7. The lowest BCUT2D eigenvalue weighted by molar-refractivity contribution is 0.0992. The molecule has 0 spiro atoms. The van der Waals surface area contributed by atoms with Crippen LogP contribution in [0.5, 0.6) is 5.75 Å². The first kappa shape index (κ1) is 38.6. The third-order valence-electron chi connectivity index (χ3n) is 9.13. The highest BCUT2D eigenvalue weighted by molar-refractivity contribution is 7.91. The number of anilines is 4. The topological polar surface area (TPSA) is 226 Å². The van der Waals surface area contributed by atoms with Gasteiger partial charge in [0.2, 0.25) is 0 Å². The number of nitrogens with zero attached hydrogens (tertiary/aromatic N) is 3. The number of carbonyl (C=O) groups excluding carboxylic acids is 2. The third-order valence-corrected chi connectivity index (χ3v) is 11.3. The molecule has 7 rings (SSSR count). The van der Waals surface area contributed by atoms with E-state index in [2.05, 4.69) is 25.6 Å². The van der Waals surface area contributed by atoms with Crippen molar-refractivity contribution in [2.75, 3.05) is 29.8 Å². The fourth-order valence-corrected chi connectivity index (χ4v) is 7.74. The van der Waals surface area contributed by atoms with Crippen molar-refractivity contribution >= 4 is 76.0 Å². The summed E-state index contributed by atoms with van der Waals surface area (Å²) in [5, 5.41) is 7.50. The first-order valence-corrected chi connectivity index (χ1v) is 21.0. The molecule has 3 aromatic heterocycles. The van der Waals surface area contributed by atoms with Crippen LogP contribution < -0.4 is 26.8 Å². The number of rotatable bonds is 10. The number of carbonyl (C=O) groups is 2. The summed E-state index contributed by atoms with van der Waals surface area (Å²) in [4.78, 5) is 37.2. The van der Waals surface area contributed by atoms with Crippen LogP contribution in [0.3, 0.4) is 0 Å². The molecule has 6 aromatic rings. The van der Waals surface area contributed by atoms with E-state index in [-0.39, 0.29) is 20.9 Å². The van der Waals surface area contributed by atoms with E-state index in [4.69, 9.17) is 16.2 Å². The van der Waals surface area contributed by atoms with E-state index in [1.54, 1.807) is 42.7 Å². The Morgan fingerprint density at radius 2 is 1.29 bits per heavy atom. The maximum atomic E-state index is 12.2. The number of fused-ring (bicyclic) bond motifs is 3. The van der Waals surface area contributed by atoms with Crippen LogP contribution >= 0.6 is 0 Å². The van der Waals surface area contributed by atoms with Crippen molar-refractivity contribution in [3.63, 3.8) is 0 Å². The normalized spacial score (nSPS) is 12.4. The second kappa shape index (κ2) is 15.3. The molecule has 1 aliphatic rings. The number of aryl methyl sites for hydroxylation is 2. The van der Waals surface area contributed by atoms with Crippen molar-refractivity contribution < 1.29 is 31.2 Å². The quantitative estimate of drug-likeness (QED) is 0.137. The second-order valence-corrected chi connectivity index (χ2v) is 16.9. The van der Waals surface area contributed by atoms with Crippen molar-refractivity contribution in [2.24, 2.45) is 11.5 Å². The summed E-state index contributed by atoms with van der Waals surface area (Å²) in [6, 6.07) is 15.5. The van der Waals surface area contributed by atoms with Crippen LogP contribution in [0.4, 0.5) is 22.7 Å². The van der Waals surface area contributed by atoms with Gasteiger partial charge < -0.3 is 26.8 Å². The van der Waals surface area contributed by atoms with Gasteiger partial charge in [-0.15, -0.1) is 0 Å². The van der Waals surface area contributed by atoms with Gasteiger partial charge in [-0.25, -0.2) is 16.8 Å². The summed E-state index contributed by atoms with van der Waals surface area (Å²) in [7, 11) is -6.88. The van der Waals surface area contributed by atoms with Gasteiger partial charge in [-0.1, -0.05) is 19.9 Å². The monoisotopic (exact) mass is 781 g/mol. The molecule has 0 bridgehead atoms. The van der Waals surface area contributed by atoms with Gasteiger partial charge in [0.1, 0.15) is 5.75 Å². The number of nitrogens with two attached hydrogens (primary N) is 2. The molecule has 1 aliphatic heterocycles. The third kappa shape index (κ3) is 8.05. The molecule has 2 amide bonds. The van der Waals surface area contributed by atoms with E-state index in [0.29, 0.717) is 58.3 Å². The molecule has 14 nitrogen and oxygen atoms in total. The number of amides is 2. The van der Waals surface area contributed by atoms with Crippen molar-refractivity contribution in [3.8, 4) is 5.75 Å². The number of hydrogen-bond donors (Lipinski definition) is 4. The Bertz CT molecular complexity index is 2720. The molecular formula is C39H39N7O7S2. The zero-order valence-corrected chi connectivity index (χ0v) is 32.1. The number of sulfone groups is 2. The molecule has 16 heteroatoms. The van der Waals surface area contributed by atoms with E-state index >= 15 is 0 Å². The molecular weight excluding hydrogens is 743 g/mol. The minimum Gasteiger partial charge on any atom is -0.493 e. The number of ether oxygens (including phenoxy) is 1. The lowest BCUT2D eigenvalue weighted by Crippen LogP contribution is -2.15. The number of aromatic nitrogens is 3. The Morgan fingerprint density at radius 3 is 1.76 bits per heavy atom. The Morgan fingerprint density at radius 1 is 0.745 bits per heavy atom. The fraction of sp³-hybridized carbons (Fsp3) is 0.205. The smallest absolute Gasteiger partial charge is 0.252 e. The van der Waals surface area contributed by atoms with Gasteiger partial charge in [-0.3, -0.25) is 24.5 Å². The van der Waals surface area contributed by atoms with Crippen molar-refractivity contribution in [3.05, 3.63) is 107 Å². The van der Waals surface area contributed by atoms with E-state index in [0.717, 1.165) is 47.1 Å². The van der Waals surface area contributed by atoms with Crippen molar-refractivity contribution in [2.45, 2.75) is 42.9 Å². The molecule has 0 aliphatic carbocycles. The van der Waals surface area contributed by atoms with Crippen LogP contribution in [0, 0.1) is 0 Å². The first-order valence-electron chi connectivity index (χ1n) is 17.2. The maximum absolute atomic E-state index is 12.2. The lowest BCUT2D eigenvalue weighted by atomic mass is 10.0. The number of primary amides is 2. The highest BCUT2D eigenvalue weighted by Gasteiger charge is 2.22. The lowest BCUT2D eigenvalue weighted by Gasteiger charge is -2.17. The Hall–Kier alpha value is -6.13. The number of pyridine rings is 3. The van der Waals surface area contributed by atoms with Gasteiger partial charge in [0.05, 0.1) is 61.8 Å². The Balaban J connectivity index is 0.000000188. The van der Waals surface area contributed by atoms with Crippen LogP contribution in [-0.2, 0) is 38.9 Å². The van der Waals surface area contributed by atoms with Gasteiger partial charge in [-0.05, 0) is 72.5 Å². The van der Waals surface area contributed by atoms with Crippen LogP contribution in [0.1, 0.15) is 51.3 Å². The molecule has 0 radical (unpaired) electrons. The minimum atomic E-state index is -3.45. The second-order valence-electron chi connectivity index (χ2n) is 12.9. The average molecular weight is 782 g/mol. The van der Waals surface area contributed by atoms with E-state index in [9.17, 15) is 26.4 Å². The largest absolute Gasteiger partial charge is 0.493 e. The number of nitrogens with one attached hydrogen (secondary N) is 2. The van der Waals surface area contributed by atoms with Gasteiger partial charge in [0.25, 0.3) is 11.8 Å². The maximum Gasteiger partial charge on any atom is 0.252 e. The standard InChI is InChI=1S/C21H21N3O4S.C18H18N4O3S/c1-3-12-9-13(29(2,26)27)10-15-19(12)23-11-16(21(22)25)20(15)24-17-5-4-6-18-14(17)7-8-28-18;1-3-11-7-13(26(2,24)25)8-14-16(11)21-10-15(18(19)23)17(14)22-12-5-4-6-20-9-12/h4-6,9-11H,3,7-8H2,1-2H3,(H2,22,25)(H,23,24);4-10H,3H2,1-2H3,(H2,19,23)(H,21,22). The summed E-state index contributed by atoms with van der Waals surface area (Å²) in [5.41, 5.74) is 17.6. The number of hydrogen-bond acceptors (Lipinski definition) is 12. The first-order chi connectivity index (χ1) is 26.1. The fourth-order valence-electron chi connectivity index (χ4n) is 6.36. The molecule has 55 heavy (non-hydrogen) atoms. The average Bonchev–Trinajstić information content (AvgIpc) is 3.64. The van der Waals surface area contributed by atoms with E-state index < -0.39 is 31.5 Å². The molecule has 0 atom stereocenters. The van der Waals surface area contributed by atoms with Crippen LogP contribution in [0.2, 0.25) is 0 Å². The SMILES string of the molecule is CCc1cc(S(C)(=O)=O)cc2c(Nc3cccc4c3CCO4)c(C(N)=O)cnc12.CCc1cc(S(C)(=O)=O)cc2c(Nc3cccnc3)c(C(N)=O)cnc12. The van der Waals surface area contributed by atoms with Crippen LogP contribution in [0.15, 0.2) is 89.2 Å². The molecule has 0 fully saturated rings. The summed E-state index contributed by atoms with van der Waals surface area (Å²) in [6.45, 7) is 4.43. The highest BCUT2D eigenvalue weighted by Crippen LogP contribution is 2.38. The summed E-state index contributed by atoms with van der Waals surface area (Å²) < 4.78 is 54.3. The molecule has 0 saturated heterocycles. The Kier molecular flexibility index (Phi) is 10.7. The Labute approximate surface area is 318 Å². The predicted molar refractivity (Wildman–Crippen MR) is 212 cm³/mol. The van der Waals surface area contributed by atoms with Crippen LogP contribution in [-0.4, -0.2) is 62.7 Å². The molecule has 4 heterocycles. The van der Waals surface area contributed by atoms with Gasteiger partial charge in [-0.2, -0.15) is 0 Å². The van der Waals surface area contributed by atoms with Gasteiger partial charge in [0.15, 0.2) is 19.7 Å². The molecule has 6 N–H and O–H groups in total. The highest BCUT2D eigenvalue weighted by atomic mass is 32.2. The predicted octanol–water partition coefficient (Wildman–Crippen LogP) is 5.42. The van der Waals surface area contributed by atoms with E-state index in [1.165, 1.54) is 18.5 Å². The molecule has 0 saturated carbocycles. The van der Waals surface area contributed by atoms with Crippen molar-refractivity contribution in [1.29, 1.82) is 0 Å². The number of benzene rings is 3. The molecule has 0 unspecified atom stereocenters.